The molecule has 5 nitrogen and oxygen atoms in total. The molecule has 160 valence electrons. The minimum absolute atomic E-state index is 0.510. The van der Waals surface area contributed by atoms with Crippen LogP contribution in [0.3, 0.4) is 0 Å². The van der Waals surface area contributed by atoms with Gasteiger partial charge in [0.05, 0.1) is 33.8 Å². The van der Waals surface area contributed by atoms with Crippen LogP contribution in [0.4, 0.5) is 0 Å². The van der Waals surface area contributed by atoms with Crippen LogP contribution in [-0.4, -0.2) is 21.4 Å². The summed E-state index contributed by atoms with van der Waals surface area (Å²) in [7, 11) is 0. The lowest BCUT2D eigenvalue weighted by Crippen LogP contribution is -1.94. The molecule has 33 heavy (non-hydrogen) atoms. The molecule has 0 bridgehead atoms. The molecule has 5 aromatic rings. The summed E-state index contributed by atoms with van der Waals surface area (Å²) >= 11 is 1.52. The van der Waals surface area contributed by atoms with Gasteiger partial charge in [0, 0.05) is 17.3 Å². The van der Waals surface area contributed by atoms with Crippen LogP contribution in [0, 0.1) is 11.3 Å². The molecule has 3 aromatic carbocycles. The first kappa shape index (κ1) is 20.7. The van der Waals surface area contributed by atoms with Crippen LogP contribution in [0.2, 0.25) is 0 Å². The van der Waals surface area contributed by atoms with Crippen LogP contribution in [-0.2, 0) is 0 Å². The number of thiazole rings is 1. The maximum absolute atomic E-state index is 9.95. The van der Waals surface area contributed by atoms with Gasteiger partial charge in [-0.05, 0) is 61.5 Å². The van der Waals surface area contributed by atoms with Crippen molar-refractivity contribution in [1.82, 2.24) is 14.8 Å². The van der Waals surface area contributed by atoms with Crippen molar-refractivity contribution < 1.29 is 4.74 Å². The summed E-state index contributed by atoms with van der Waals surface area (Å²) in [5.41, 5.74) is 4.93. The third kappa shape index (κ3) is 4.27. The Kier molecular flexibility index (Phi) is 5.71. The average Bonchev–Trinajstić information content (AvgIpc) is 3.48. The van der Waals surface area contributed by atoms with Gasteiger partial charge in [-0.1, -0.05) is 30.3 Å². The standard InChI is InChI=1S/C27H20N4OS/c1-2-32-23-14-12-19(13-15-23)26-21(18-31(30-26)22-8-4-3-5-9-22)16-20(17-28)27-29-24-10-6-7-11-25(24)33-27/h3-16,18H,2H2,1H3/b20-16-. The first-order valence-corrected chi connectivity index (χ1v) is 11.4. The first-order chi connectivity index (χ1) is 16.2. The van der Waals surface area contributed by atoms with Crippen molar-refractivity contribution >= 4 is 33.2 Å². The molecule has 0 spiro atoms. The van der Waals surface area contributed by atoms with E-state index >= 15 is 0 Å². The fourth-order valence-corrected chi connectivity index (χ4v) is 4.52. The van der Waals surface area contributed by atoms with Crippen LogP contribution in [0.15, 0.2) is 85.1 Å². The van der Waals surface area contributed by atoms with E-state index in [0.717, 1.165) is 38.5 Å². The fraction of sp³-hybridized carbons (Fsp3) is 0.0741. The van der Waals surface area contributed by atoms with E-state index < -0.39 is 0 Å². The van der Waals surface area contributed by atoms with E-state index in [2.05, 4.69) is 11.1 Å². The highest BCUT2D eigenvalue weighted by Crippen LogP contribution is 2.31. The van der Waals surface area contributed by atoms with Crippen LogP contribution < -0.4 is 4.74 Å². The monoisotopic (exact) mass is 448 g/mol. The molecule has 0 aliphatic heterocycles. The molecule has 2 aromatic heterocycles. The Bertz CT molecular complexity index is 1440. The molecule has 0 saturated heterocycles. The number of benzene rings is 3. The van der Waals surface area contributed by atoms with Gasteiger partial charge in [0.1, 0.15) is 16.8 Å². The van der Waals surface area contributed by atoms with Gasteiger partial charge in [-0.3, -0.25) is 0 Å². The van der Waals surface area contributed by atoms with Gasteiger partial charge < -0.3 is 4.74 Å². The second kappa shape index (κ2) is 9.11. The van der Waals surface area contributed by atoms with Crippen molar-refractivity contribution in [2.75, 3.05) is 6.61 Å². The zero-order valence-corrected chi connectivity index (χ0v) is 18.8. The number of nitriles is 1. The quantitative estimate of drug-likeness (QED) is 0.274. The Balaban J connectivity index is 1.62. The molecule has 6 heteroatoms. The molecule has 2 heterocycles. The molecular weight excluding hydrogens is 428 g/mol. The molecule has 0 aliphatic rings. The maximum Gasteiger partial charge on any atom is 0.135 e. The van der Waals surface area contributed by atoms with Gasteiger partial charge >= 0.3 is 0 Å². The lowest BCUT2D eigenvalue weighted by atomic mass is 10.1. The molecule has 0 N–H and O–H groups in total. The zero-order chi connectivity index (χ0) is 22.6. The number of aromatic nitrogens is 3. The largest absolute Gasteiger partial charge is 0.494 e. The van der Waals surface area contributed by atoms with Crippen LogP contribution >= 0.6 is 11.3 Å². The smallest absolute Gasteiger partial charge is 0.135 e. The Hall–Kier alpha value is -4.21. The minimum Gasteiger partial charge on any atom is -0.494 e. The average molecular weight is 449 g/mol. The molecule has 0 radical (unpaired) electrons. The van der Waals surface area contributed by atoms with Crippen LogP contribution in [0.5, 0.6) is 5.75 Å². The second-order valence-corrected chi connectivity index (χ2v) is 8.36. The third-order valence-corrected chi connectivity index (χ3v) is 6.22. The van der Waals surface area contributed by atoms with Gasteiger partial charge in [-0.25, -0.2) is 9.67 Å². The molecule has 0 aliphatic carbocycles. The highest BCUT2D eigenvalue weighted by Gasteiger charge is 2.15. The van der Waals surface area contributed by atoms with Gasteiger partial charge in [0.25, 0.3) is 0 Å². The van der Waals surface area contributed by atoms with Crippen molar-refractivity contribution in [3.8, 4) is 28.8 Å². The summed E-state index contributed by atoms with van der Waals surface area (Å²) in [5.74, 6) is 0.813. The number of allylic oxidation sites excluding steroid dienone is 1. The van der Waals surface area contributed by atoms with Gasteiger partial charge in [0.15, 0.2) is 0 Å². The van der Waals surface area contributed by atoms with E-state index in [1.54, 1.807) is 0 Å². The normalized spacial score (nSPS) is 11.5. The molecule has 0 amide bonds. The third-order valence-electron chi connectivity index (χ3n) is 5.15. The first-order valence-electron chi connectivity index (χ1n) is 10.6. The van der Waals surface area contributed by atoms with E-state index in [0.29, 0.717) is 17.2 Å². The predicted octanol–water partition coefficient (Wildman–Crippen LogP) is 6.61. The summed E-state index contributed by atoms with van der Waals surface area (Å²) in [6.07, 6.45) is 3.82. The summed E-state index contributed by atoms with van der Waals surface area (Å²) in [5, 5.41) is 15.5. The number of ether oxygens (including phenoxy) is 1. The zero-order valence-electron chi connectivity index (χ0n) is 18.0. The Morgan fingerprint density at radius 3 is 2.52 bits per heavy atom. The summed E-state index contributed by atoms with van der Waals surface area (Å²) in [4.78, 5) is 4.66. The number of rotatable bonds is 6. The number of nitrogens with zero attached hydrogens (tertiary/aromatic N) is 4. The Morgan fingerprint density at radius 2 is 1.79 bits per heavy atom. The summed E-state index contributed by atoms with van der Waals surface area (Å²) < 4.78 is 8.48. The fourth-order valence-electron chi connectivity index (χ4n) is 3.59. The lowest BCUT2D eigenvalue weighted by Gasteiger charge is -2.04. The number of hydrogen-bond donors (Lipinski definition) is 0. The van der Waals surface area contributed by atoms with Crippen LogP contribution in [0.1, 0.15) is 17.5 Å². The molecule has 0 unspecified atom stereocenters. The van der Waals surface area contributed by atoms with E-state index in [-0.39, 0.29) is 0 Å². The topological polar surface area (TPSA) is 63.7 Å². The molecular formula is C27H20N4OS. The second-order valence-electron chi connectivity index (χ2n) is 7.33. The SMILES string of the molecule is CCOc1ccc(-c2nn(-c3ccccc3)cc2/C=C(/C#N)c2nc3ccccc3s2)cc1. The van der Waals surface area contributed by atoms with E-state index in [1.165, 1.54) is 11.3 Å². The highest BCUT2D eigenvalue weighted by atomic mass is 32.1. The Labute approximate surface area is 195 Å². The molecule has 5 rings (SSSR count). The van der Waals surface area contributed by atoms with E-state index in [1.807, 2.05) is 103 Å². The van der Waals surface area contributed by atoms with E-state index in [4.69, 9.17) is 9.84 Å². The van der Waals surface area contributed by atoms with Crippen molar-refractivity contribution in [1.29, 1.82) is 5.26 Å². The summed E-state index contributed by atoms with van der Waals surface area (Å²) in [6, 6.07) is 28.0. The van der Waals surface area contributed by atoms with Crippen molar-refractivity contribution in [2.24, 2.45) is 0 Å². The predicted molar refractivity (Wildman–Crippen MR) is 133 cm³/mol. The van der Waals surface area contributed by atoms with Gasteiger partial charge in [-0.2, -0.15) is 10.4 Å². The van der Waals surface area contributed by atoms with Gasteiger partial charge in [-0.15, -0.1) is 11.3 Å². The van der Waals surface area contributed by atoms with Crippen molar-refractivity contribution in [3.63, 3.8) is 0 Å². The van der Waals surface area contributed by atoms with E-state index in [9.17, 15) is 5.26 Å². The molecule has 0 saturated carbocycles. The highest BCUT2D eigenvalue weighted by molar-refractivity contribution is 7.19. The van der Waals surface area contributed by atoms with Gasteiger partial charge in [0.2, 0.25) is 0 Å². The Morgan fingerprint density at radius 1 is 1.03 bits per heavy atom. The number of fused-ring (bicyclic) bond motifs is 1. The number of para-hydroxylation sites is 2. The maximum atomic E-state index is 9.95. The molecule has 0 fully saturated rings. The van der Waals surface area contributed by atoms with Crippen molar-refractivity contribution in [3.05, 3.63) is 95.6 Å². The van der Waals surface area contributed by atoms with Crippen molar-refractivity contribution in [2.45, 2.75) is 6.92 Å². The lowest BCUT2D eigenvalue weighted by molar-refractivity contribution is 0.340. The van der Waals surface area contributed by atoms with Crippen LogP contribution in [0.25, 0.3) is 38.8 Å². The number of hydrogen-bond acceptors (Lipinski definition) is 5. The summed E-state index contributed by atoms with van der Waals surface area (Å²) in [6.45, 7) is 2.58. The molecule has 0 atom stereocenters. The minimum atomic E-state index is 0.510.